The Morgan fingerprint density at radius 1 is 1.56 bits per heavy atom. The van der Waals surface area contributed by atoms with Crippen LogP contribution in [0.1, 0.15) is 28.9 Å². The van der Waals surface area contributed by atoms with Gasteiger partial charge in [0.2, 0.25) is 0 Å². The summed E-state index contributed by atoms with van der Waals surface area (Å²) in [5.41, 5.74) is 1.23. The van der Waals surface area contributed by atoms with E-state index in [9.17, 15) is 4.79 Å². The standard InChI is InChI=1S/C12H16N2O2/c1-8-10(12(15)16-2)5-6-11(14-8)13-7-9-3-4-9/h5-6,9H,3-4,7H2,1-2H3,(H,13,14). The molecule has 0 atom stereocenters. The van der Waals surface area contributed by atoms with Crippen molar-refractivity contribution >= 4 is 11.8 Å². The van der Waals surface area contributed by atoms with Gasteiger partial charge in [-0.2, -0.15) is 0 Å². The Hall–Kier alpha value is -1.58. The lowest BCUT2D eigenvalue weighted by Gasteiger charge is -2.07. The zero-order valence-corrected chi connectivity index (χ0v) is 9.62. The molecule has 1 N–H and O–H groups in total. The highest BCUT2D eigenvalue weighted by Crippen LogP contribution is 2.28. The van der Waals surface area contributed by atoms with Crippen molar-refractivity contribution in [1.29, 1.82) is 0 Å². The summed E-state index contributed by atoms with van der Waals surface area (Å²) < 4.78 is 4.67. The molecule has 1 aliphatic rings. The van der Waals surface area contributed by atoms with E-state index < -0.39 is 0 Å². The Balaban J connectivity index is 2.05. The second-order valence-corrected chi connectivity index (χ2v) is 4.15. The van der Waals surface area contributed by atoms with Gasteiger partial charge < -0.3 is 10.1 Å². The Labute approximate surface area is 95.0 Å². The maximum absolute atomic E-state index is 11.3. The first-order valence-corrected chi connectivity index (χ1v) is 5.50. The number of aromatic nitrogens is 1. The number of nitrogens with one attached hydrogen (secondary N) is 1. The van der Waals surface area contributed by atoms with E-state index in [0.717, 1.165) is 18.3 Å². The van der Waals surface area contributed by atoms with Crippen molar-refractivity contribution < 1.29 is 9.53 Å². The molecule has 0 radical (unpaired) electrons. The number of aryl methyl sites for hydroxylation is 1. The number of esters is 1. The van der Waals surface area contributed by atoms with E-state index >= 15 is 0 Å². The van der Waals surface area contributed by atoms with Crippen LogP contribution in [0.15, 0.2) is 12.1 Å². The van der Waals surface area contributed by atoms with Crippen LogP contribution in [0.3, 0.4) is 0 Å². The first kappa shape index (κ1) is 10.9. The molecule has 0 spiro atoms. The second-order valence-electron chi connectivity index (χ2n) is 4.15. The van der Waals surface area contributed by atoms with Gasteiger partial charge in [0.05, 0.1) is 18.4 Å². The van der Waals surface area contributed by atoms with Crippen LogP contribution >= 0.6 is 0 Å². The van der Waals surface area contributed by atoms with Gasteiger partial charge in [-0.1, -0.05) is 0 Å². The van der Waals surface area contributed by atoms with Crippen LogP contribution in [0, 0.1) is 12.8 Å². The minimum absolute atomic E-state index is 0.334. The number of nitrogens with zero attached hydrogens (tertiary/aromatic N) is 1. The number of anilines is 1. The quantitative estimate of drug-likeness (QED) is 0.788. The SMILES string of the molecule is COC(=O)c1ccc(NCC2CC2)nc1C. The van der Waals surface area contributed by atoms with Gasteiger partial charge in [0.15, 0.2) is 0 Å². The summed E-state index contributed by atoms with van der Waals surface area (Å²) in [6.07, 6.45) is 2.62. The molecule has 0 bridgehead atoms. The molecule has 1 aliphatic carbocycles. The van der Waals surface area contributed by atoms with Gasteiger partial charge in [0.25, 0.3) is 0 Å². The van der Waals surface area contributed by atoms with Crippen LogP contribution in [-0.2, 0) is 4.74 Å². The number of hydrogen-bond acceptors (Lipinski definition) is 4. The third kappa shape index (κ3) is 2.51. The minimum Gasteiger partial charge on any atom is -0.465 e. The summed E-state index contributed by atoms with van der Waals surface area (Å²) >= 11 is 0. The summed E-state index contributed by atoms with van der Waals surface area (Å²) in [6.45, 7) is 2.79. The number of carbonyl (C=O) groups excluding carboxylic acids is 1. The molecule has 1 fully saturated rings. The lowest BCUT2D eigenvalue weighted by atomic mass is 10.2. The van der Waals surface area contributed by atoms with E-state index in [-0.39, 0.29) is 5.97 Å². The third-order valence-corrected chi connectivity index (χ3v) is 2.76. The first-order valence-electron chi connectivity index (χ1n) is 5.50. The zero-order valence-electron chi connectivity index (χ0n) is 9.62. The van der Waals surface area contributed by atoms with Gasteiger partial charge in [-0.25, -0.2) is 9.78 Å². The molecule has 1 aromatic rings. The summed E-state index contributed by atoms with van der Waals surface area (Å²) in [7, 11) is 1.38. The monoisotopic (exact) mass is 220 g/mol. The van der Waals surface area contributed by atoms with E-state index in [1.54, 1.807) is 6.07 Å². The number of rotatable bonds is 4. The number of ether oxygens (including phenoxy) is 1. The molecule has 0 aromatic carbocycles. The summed E-state index contributed by atoms with van der Waals surface area (Å²) in [4.78, 5) is 15.7. The zero-order chi connectivity index (χ0) is 11.5. The normalized spacial score (nSPS) is 14.6. The Bertz CT molecular complexity index is 400. The number of methoxy groups -OCH3 is 1. The fourth-order valence-corrected chi connectivity index (χ4v) is 1.56. The Morgan fingerprint density at radius 2 is 2.31 bits per heavy atom. The van der Waals surface area contributed by atoms with Crippen molar-refractivity contribution in [3.63, 3.8) is 0 Å². The van der Waals surface area contributed by atoms with Crippen molar-refractivity contribution in [2.24, 2.45) is 5.92 Å². The molecule has 4 nitrogen and oxygen atoms in total. The highest BCUT2D eigenvalue weighted by molar-refractivity contribution is 5.90. The van der Waals surface area contributed by atoms with Crippen molar-refractivity contribution in [2.45, 2.75) is 19.8 Å². The van der Waals surface area contributed by atoms with Crippen molar-refractivity contribution in [3.8, 4) is 0 Å². The van der Waals surface area contributed by atoms with Gasteiger partial charge in [-0.05, 0) is 37.8 Å². The fraction of sp³-hybridized carbons (Fsp3) is 0.500. The molecule has 1 heterocycles. The van der Waals surface area contributed by atoms with Crippen molar-refractivity contribution in [3.05, 3.63) is 23.4 Å². The minimum atomic E-state index is -0.334. The predicted molar refractivity (Wildman–Crippen MR) is 61.5 cm³/mol. The molecule has 16 heavy (non-hydrogen) atoms. The van der Waals surface area contributed by atoms with Crippen LogP contribution < -0.4 is 5.32 Å². The second kappa shape index (κ2) is 4.51. The molecule has 0 unspecified atom stereocenters. The molecule has 1 aromatic heterocycles. The smallest absolute Gasteiger partial charge is 0.339 e. The summed E-state index contributed by atoms with van der Waals surface area (Å²) in [5, 5.41) is 3.27. The number of hydrogen-bond donors (Lipinski definition) is 1. The van der Waals surface area contributed by atoms with Gasteiger partial charge in [0, 0.05) is 6.54 Å². The highest BCUT2D eigenvalue weighted by Gasteiger charge is 2.20. The van der Waals surface area contributed by atoms with Gasteiger partial charge >= 0.3 is 5.97 Å². The predicted octanol–water partition coefficient (Wildman–Crippen LogP) is 2.00. The highest BCUT2D eigenvalue weighted by atomic mass is 16.5. The molecule has 4 heteroatoms. The lowest BCUT2D eigenvalue weighted by Crippen LogP contribution is -2.09. The van der Waals surface area contributed by atoms with E-state index in [0.29, 0.717) is 11.3 Å². The first-order chi connectivity index (χ1) is 7.70. The van der Waals surface area contributed by atoms with E-state index in [4.69, 9.17) is 0 Å². The number of pyridine rings is 1. The van der Waals surface area contributed by atoms with E-state index in [2.05, 4.69) is 15.0 Å². The Morgan fingerprint density at radius 3 is 2.88 bits per heavy atom. The third-order valence-electron chi connectivity index (χ3n) is 2.76. The summed E-state index contributed by atoms with van der Waals surface area (Å²) in [5.74, 6) is 1.30. The van der Waals surface area contributed by atoms with E-state index in [1.807, 2.05) is 13.0 Å². The van der Waals surface area contributed by atoms with Gasteiger partial charge in [-0.15, -0.1) is 0 Å². The number of carbonyl (C=O) groups is 1. The van der Waals surface area contributed by atoms with Gasteiger partial charge in [0.1, 0.15) is 5.82 Å². The molecule has 2 rings (SSSR count). The molecular weight excluding hydrogens is 204 g/mol. The van der Waals surface area contributed by atoms with Crippen molar-refractivity contribution in [2.75, 3.05) is 19.0 Å². The Kier molecular flexibility index (Phi) is 3.08. The topological polar surface area (TPSA) is 51.2 Å². The van der Waals surface area contributed by atoms with Crippen LogP contribution in [0.4, 0.5) is 5.82 Å². The average Bonchev–Trinajstić information content (AvgIpc) is 3.09. The fourth-order valence-electron chi connectivity index (χ4n) is 1.56. The summed E-state index contributed by atoms with van der Waals surface area (Å²) in [6, 6.07) is 3.57. The van der Waals surface area contributed by atoms with E-state index in [1.165, 1.54) is 20.0 Å². The molecule has 0 saturated heterocycles. The molecule has 86 valence electrons. The molecule has 0 amide bonds. The molecule has 0 aliphatic heterocycles. The molecule has 1 saturated carbocycles. The van der Waals surface area contributed by atoms with Gasteiger partial charge in [-0.3, -0.25) is 0 Å². The lowest BCUT2D eigenvalue weighted by molar-refractivity contribution is 0.0599. The maximum atomic E-state index is 11.3. The van der Waals surface area contributed by atoms with Crippen molar-refractivity contribution in [1.82, 2.24) is 4.98 Å². The van der Waals surface area contributed by atoms with Crippen LogP contribution in [-0.4, -0.2) is 24.6 Å². The average molecular weight is 220 g/mol. The van der Waals surface area contributed by atoms with Crippen LogP contribution in [0.2, 0.25) is 0 Å². The largest absolute Gasteiger partial charge is 0.465 e. The van der Waals surface area contributed by atoms with Crippen LogP contribution in [0.5, 0.6) is 0 Å². The van der Waals surface area contributed by atoms with Crippen LogP contribution in [0.25, 0.3) is 0 Å². The molecular formula is C12H16N2O2. The maximum Gasteiger partial charge on any atom is 0.339 e.